The van der Waals surface area contributed by atoms with E-state index >= 15 is 0 Å². The van der Waals surface area contributed by atoms with Crippen molar-refractivity contribution < 1.29 is 18.9 Å². The number of benzene rings is 2. The Morgan fingerprint density at radius 2 is 0.793 bits per heavy atom. The molecule has 0 aromatic heterocycles. The van der Waals surface area contributed by atoms with Gasteiger partial charge in [-0.3, -0.25) is 0 Å². The van der Waals surface area contributed by atoms with Crippen LogP contribution in [0.1, 0.15) is 62.8 Å². The van der Waals surface area contributed by atoms with Crippen molar-refractivity contribution in [2.45, 2.75) is 56.8 Å². The maximum Gasteiger partial charge on any atom is 0.161 e. The highest BCUT2D eigenvalue weighted by molar-refractivity contribution is 5.65. The SMILES string of the molecule is COc1cc2c(cc1OC)C1(CC2(C)C)CC(C)(C)c2cc(OC)c(OC)cc21. The van der Waals surface area contributed by atoms with Gasteiger partial charge in [0.1, 0.15) is 0 Å². The summed E-state index contributed by atoms with van der Waals surface area (Å²) in [7, 11) is 6.81. The highest BCUT2D eigenvalue weighted by Gasteiger charge is 2.57. The number of methoxy groups -OCH3 is 4. The number of hydrogen-bond acceptors (Lipinski definition) is 4. The van der Waals surface area contributed by atoms with E-state index in [1.54, 1.807) is 28.4 Å². The van der Waals surface area contributed by atoms with Crippen LogP contribution >= 0.6 is 0 Å². The van der Waals surface area contributed by atoms with Gasteiger partial charge < -0.3 is 18.9 Å². The quantitative estimate of drug-likeness (QED) is 0.696. The molecule has 0 saturated carbocycles. The molecule has 0 radical (unpaired) electrons. The molecular formula is C25H32O4. The average molecular weight is 397 g/mol. The molecule has 0 heterocycles. The summed E-state index contributed by atoms with van der Waals surface area (Å²) in [4.78, 5) is 0. The number of fused-ring (bicyclic) bond motifs is 4. The first-order valence-corrected chi connectivity index (χ1v) is 10.2. The van der Waals surface area contributed by atoms with E-state index in [0.717, 1.165) is 35.8 Å². The van der Waals surface area contributed by atoms with Crippen molar-refractivity contribution in [3.8, 4) is 23.0 Å². The minimum atomic E-state index is -0.0865. The lowest BCUT2D eigenvalue weighted by molar-refractivity contribution is 0.346. The summed E-state index contributed by atoms with van der Waals surface area (Å²) in [5.41, 5.74) is 5.34. The van der Waals surface area contributed by atoms with E-state index in [0.29, 0.717) is 0 Å². The maximum atomic E-state index is 5.68. The third kappa shape index (κ3) is 2.64. The minimum absolute atomic E-state index is 0.0275. The second-order valence-electron chi connectivity index (χ2n) is 9.71. The molecule has 0 N–H and O–H groups in total. The van der Waals surface area contributed by atoms with Gasteiger partial charge in [-0.25, -0.2) is 0 Å². The second-order valence-corrected chi connectivity index (χ2v) is 9.71. The van der Waals surface area contributed by atoms with E-state index in [9.17, 15) is 0 Å². The molecule has 0 atom stereocenters. The summed E-state index contributed by atoms with van der Waals surface area (Å²) in [6.07, 6.45) is 2.08. The molecule has 0 fully saturated rings. The second kappa shape index (κ2) is 6.32. The molecule has 2 aromatic carbocycles. The van der Waals surface area contributed by atoms with E-state index in [1.807, 2.05) is 0 Å². The van der Waals surface area contributed by atoms with E-state index in [1.165, 1.54) is 22.3 Å². The molecule has 2 aromatic rings. The van der Waals surface area contributed by atoms with Crippen LogP contribution in [0.3, 0.4) is 0 Å². The van der Waals surface area contributed by atoms with E-state index in [4.69, 9.17) is 18.9 Å². The fourth-order valence-corrected chi connectivity index (χ4v) is 5.96. The molecule has 0 amide bonds. The molecule has 4 rings (SSSR count). The molecule has 29 heavy (non-hydrogen) atoms. The molecule has 2 aliphatic carbocycles. The van der Waals surface area contributed by atoms with Crippen LogP contribution in [0.4, 0.5) is 0 Å². The first-order chi connectivity index (χ1) is 13.6. The predicted octanol–water partition coefficient (Wildman–Crippen LogP) is 5.37. The van der Waals surface area contributed by atoms with Crippen LogP contribution in [-0.4, -0.2) is 28.4 Å². The van der Waals surface area contributed by atoms with Crippen molar-refractivity contribution in [2.75, 3.05) is 28.4 Å². The largest absolute Gasteiger partial charge is 0.493 e. The summed E-state index contributed by atoms with van der Waals surface area (Å²) >= 11 is 0. The summed E-state index contributed by atoms with van der Waals surface area (Å²) < 4.78 is 22.6. The standard InChI is InChI=1S/C25H32O4/c1-23(2)13-25(17-11-21(28-7)19(26-5)9-15(17)23)14-24(3,4)16-10-20(27-6)22(29-8)12-18(16)25/h9-12H,13-14H2,1-8H3. The first-order valence-electron chi connectivity index (χ1n) is 10.2. The summed E-state index contributed by atoms with van der Waals surface area (Å²) in [6.45, 7) is 9.33. The Hall–Kier alpha value is -2.36. The molecule has 2 aliphatic rings. The van der Waals surface area contributed by atoms with Gasteiger partial charge in [-0.2, -0.15) is 0 Å². The molecule has 0 aliphatic heterocycles. The molecule has 0 saturated heterocycles. The zero-order chi connectivity index (χ0) is 21.2. The Bertz CT molecular complexity index is 892. The molecule has 156 valence electrons. The normalized spacial score (nSPS) is 19.6. The van der Waals surface area contributed by atoms with Gasteiger partial charge in [0.2, 0.25) is 0 Å². The highest BCUT2D eigenvalue weighted by Crippen LogP contribution is 2.64. The van der Waals surface area contributed by atoms with Gasteiger partial charge in [0, 0.05) is 5.41 Å². The van der Waals surface area contributed by atoms with Crippen LogP contribution < -0.4 is 18.9 Å². The molecule has 4 heteroatoms. The van der Waals surface area contributed by atoms with Crippen molar-refractivity contribution in [2.24, 2.45) is 0 Å². The van der Waals surface area contributed by atoms with Gasteiger partial charge in [-0.05, 0) is 70.2 Å². The Morgan fingerprint density at radius 1 is 0.517 bits per heavy atom. The van der Waals surface area contributed by atoms with Crippen molar-refractivity contribution >= 4 is 0 Å². The predicted molar refractivity (Wildman–Crippen MR) is 115 cm³/mol. The minimum Gasteiger partial charge on any atom is -0.493 e. The topological polar surface area (TPSA) is 36.9 Å². The third-order valence-electron chi connectivity index (χ3n) is 7.02. The number of rotatable bonds is 4. The average Bonchev–Trinajstić information content (AvgIpc) is 3.04. The number of hydrogen-bond donors (Lipinski definition) is 0. The first kappa shape index (κ1) is 19.9. The van der Waals surface area contributed by atoms with Crippen molar-refractivity contribution in [3.05, 3.63) is 46.5 Å². The lowest BCUT2D eigenvalue weighted by Crippen LogP contribution is -2.27. The fourth-order valence-electron chi connectivity index (χ4n) is 5.96. The third-order valence-corrected chi connectivity index (χ3v) is 7.02. The fraction of sp³-hybridized carbons (Fsp3) is 0.520. The Morgan fingerprint density at radius 3 is 1.07 bits per heavy atom. The lowest BCUT2D eigenvalue weighted by atomic mass is 9.72. The number of ether oxygens (including phenoxy) is 4. The van der Waals surface area contributed by atoms with Gasteiger partial charge in [0.15, 0.2) is 23.0 Å². The summed E-state index contributed by atoms with van der Waals surface area (Å²) in [5, 5.41) is 0. The van der Waals surface area contributed by atoms with Gasteiger partial charge >= 0.3 is 0 Å². The Balaban J connectivity index is 2.04. The molecule has 0 unspecified atom stereocenters. The van der Waals surface area contributed by atoms with Crippen LogP contribution in [0.25, 0.3) is 0 Å². The van der Waals surface area contributed by atoms with Crippen LogP contribution in [0.15, 0.2) is 24.3 Å². The van der Waals surface area contributed by atoms with Crippen molar-refractivity contribution in [1.29, 1.82) is 0 Å². The molecular weight excluding hydrogens is 364 g/mol. The zero-order valence-electron chi connectivity index (χ0n) is 18.9. The smallest absolute Gasteiger partial charge is 0.161 e. The van der Waals surface area contributed by atoms with E-state index in [2.05, 4.69) is 52.0 Å². The van der Waals surface area contributed by atoms with Crippen LogP contribution in [-0.2, 0) is 16.2 Å². The van der Waals surface area contributed by atoms with Crippen LogP contribution in [0, 0.1) is 0 Å². The van der Waals surface area contributed by atoms with E-state index in [-0.39, 0.29) is 16.2 Å². The van der Waals surface area contributed by atoms with Gasteiger partial charge in [0.25, 0.3) is 0 Å². The maximum absolute atomic E-state index is 5.68. The molecule has 1 spiro atoms. The van der Waals surface area contributed by atoms with Gasteiger partial charge in [-0.1, -0.05) is 27.7 Å². The van der Waals surface area contributed by atoms with Crippen LogP contribution in [0.2, 0.25) is 0 Å². The van der Waals surface area contributed by atoms with Crippen LogP contribution in [0.5, 0.6) is 23.0 Å². The van der Waals surface area contributed by atoms with Gasteiger partial charge in [-0.15, -0.1) is 0 Å². The van der Waals surface area contributed by atoms with Crippen molar-refractivity contribution in [3.63, 3.8) is 0 Å². The monoisotopic (exact) mass is 396 g/mol. The summed E-state index contributed by atoms with van der Waals surface area (Å²) in [5.74, 6) is 3.16. The zero-order valence-corrected chi connectivity index (χ0v) is 18.9. The Labute approximate surface area is 174 Å². The van der Waals surface area contributed by atoms with Crippen molar-refractivity contribution in [1.82, 2.24) is 0 Å². The highest BCUT2D eigenvalue weighted by atomic mass is 16.5. The lowest BCUT2D eigenvalue weighted by Gasteiger charge is -2.30. The molecule has 0 bridgehead atoms. The van der Waals surface area contributed by atoms with Gasteiger partial charge in [0.05, 0.1) is 28.4 Å². The van der Waals surface area contributed by atoms with E-state index < -0.39 is 0 Å². The molecule has 4 nitrogen and oxygen atoms in total. The summed E-state index contributed by atoms with van der Waals surface area (Å²) in [6, 6.07) is 8.75. The Kier molecular flexibility index (Phi) is 4.34.